The number of amides is 1. The Morgan fingerprint density at radius 3 is 2.64 bits per heavy atom. The van der Waals surface area contributed by atoms with E-state index in [4.69, 9.17) is 0 Å². The lowest BCUT2D eigenvalue weighted by molar-refractivity contribution is -0.124. The first-order chi connectivity index (χ1) is 6.86. The highest BCUT2D eigenvalue weighted by Crippen LogP contribution is 2.27. The van der Waals surface area contributed by atoms with Crippen LogP contribution in [0, 0.1) is 5.92 Å². The smallest absolute Gasteiger partial charge is 0.237 e. The van der Waals surface area contributed by atoms with Crippen molar-refractivity contribution in [2.24, 2.45) is 5.92 Å². The minimum absolute atomic E-state index is 0.0897. The Bertz CT molecular complexity index is 199. The molecule has 0 spiro atoms. The first kappa shape index (κ1) is 9.97. The highest BCUT2D eigenvalue weighted by molar-refractivity contribution is 5.82. The van der Waals surface area contributed by atoms with Crippen molar-refractivity contribution in [3.63, 3.8) is 0 Å². The molecule has 2 fully saturated rings. The van der Waals surface area contributed by atoms with Crippen molar-refractivity contribution in [3.8, 4) is 0 Å². The Balaban J connectivity index is 1.79. The second-order valence-corrected chi connectivity index (χ2v) is 4.54. The third-order valence-corrected chi connectivity index (χ3v) is 3.43. The molecule has 1 amide bonds. The molecule has 3 heteroatoms. The largest absolute Gasteiger partial charge is 0.353 e. The van der Waals surface area contributed by atoms with Crippen LogP contribution in [0.4, 0.5) is 0 Å². The molecule has 80 valence electrons. The van der Waals surface area contributed by atoms with Gasteiger partial charge in [-0.1, -0.05) is 32.1 Å². The number of piperazine rings is 1. The van der Waals surface area contributed by atoms with Crippen LogP contribution >= 0.6 is 0 Å². The van der Waals surface area contributed by atoms with Gasteiger partial charge in [0.15, 0.2) is 0 Å². The Morgan fingerprint density at radius 1 is 1.14 bits per heavy atom. The lowest BCUT2D eigenvalue weighted by Gasteiger charge is -2.29. The molecule has 2 N–H and O–H groups in total. The highest BCUT2D eigenvalue weighted by Gasteiger charge is 2.25. The third kappa shape index (κ3) is 2.47. The second kappa shape index (κ2) is 4.78. The Hall–Kier alpha value is -0.570. The summed E-state index contributed by atoms with van der Waals surface area (Å²) in [7, 11) is 0. The van der Waals surface area contributed by atoms with Gasteiger partial charge in [0.05, 0.1) is 6.04 Å². The normalized spacial score (nSPS) is 30.0. The van der Waals surface area contributed by atoms with Gasteiger partial charge in [0.1, 0.15) is 0 Å². The molecule has 3 nitrogen and oxygen atoms in total. The maximum Gasteiger partial charge on any atom is 0.237 e. The predicted octanol–water partition coefficient (Wildman–Crippen LogP) is 1.04. The molecule has 1 atom stereocenters. The van der Waals surface area contributed by atoms with Crippen LogP contribution in [-0.4, -0.2) is 25.0 Å². The average Bonchev–Trinajstić information content (AvgIpc) is 2.23. The molecule has 1 saturated carbocycles. The van der Waals surface area contributed by atoms with Crippen LogP contribution in [0.15, 0.2) is 0 Å². The van der Waals surface area contributed by atoms with Crippen LogP contribution in [-0.2, 0) is 4.79 Å². The third-order valence-electron chi connectivity index (χ3n) is 3.43. The molecule has 1 aliphatic heterocycles. The Kier molecular flexibility index (Phi) is 3.40. The SMILES string of the molecule is O=C1NCCN[C@@H]1CC1CCCCC1. The van der Waals surface area contributed by atoms with E-state index in [1.165, 1.54) is 32.1 Å². The highest BCUT2D eigenvalue weighted by atomic mass is 16.2. The molecule has 0 unspecified atom stereocenters. The molecular formula is C11H20N2O. The summed E-state index contributed by atoms with van der Waals surface area (Å²) in [5, 5.41) is 6.22. The molecular weight excluding hydrogens is 176 g/mol. The molecule has 0 aromatic heterocycles. The van der Waals surface area contributed by atoms with E-state index in [1.807, 2.05) is 0 Å². The maximum atomic E-state index is 11.5. The maximum absolute atomic E-state index is 11.5. The summed E-state index contributed by atoms with van der Waals surface area (Å²) < 4.78 is 0. The van der Waals surface area contributed by atoms with Crippen molar-refractivity contribution in [3.05, 3.63) is 0 Å². The molecule has 1 heterocycles. The molecule has 0 radical (unpaired) electrons. The van der Waals surface area contributed by atoms with Gasteiger partial charge in [0, 0.05) is 13.1 Å². The van der Waals surface area contributed by atoms with Crippen LogP contribution in [0.3, 0.4) is 0 Å². The molecule has 1 aliphatic carbocycles. The minimum Gasteiger partial charge on any atom is -0.353 e. The minimum atomic E-state index is 0.0897. The van der Waals surface area contributed by atoms with Gasteiger partial charge in [-0.2, -0.15) is 0 Å². The summed E-state index contributed by atoms with van der Waals surface area (Å²) in [6.07, 6.45) is 7.81. The number of hydrogen-bond acceptors (Lipinski definition) is 2. The van der Waals surface area contributed by atoms with Crippen molar-refractivity contribution >= 4 is 5.91 Å². The zero-order valence-corrected chi connectivity index (χ0v) is 8.72. The standard InChI is InChI=1S/C11H20N2O/c14-11-10(12-6-7-13-11)8-9-4-2-1-3-5-9/h9-10,12H,1-8H2,(H,13,14)/t10-/m1/s1. The van der Waals surface area contributed by atoms with Crippen LogP contribution in [0.5, 0.6) is 0 Å². The molecule has 1 saturated heterocycles. The van der Waals surface area contributed by atoms with Crippen molar-refractivity contribution in [1.29, 1.82) is 0 Å². The second-order valence-electron chi connectivity index (χ2n) is 4.54. The van der Waals surface area contributed by atoms with Crippen LogP contribution in [0.1, 0.15) is 38.5 Å². The van der Waals surface area contributed by atoms with Crippen molar-refractivity contribution < 1.29 is 4.79 Å². The zero-order chi connectivity index (χ0) is 9.80. The summed E-state index contributed by atoms with van der Waals surface area (Å²) in [6, 6.07) is 0.0897. The van der Waals surface area contributed by atoms with E-state index >= 15 is 0 Å². The van der Waals surface area contributed by atoms with E-state index in [0.29, 0.717) is 0 Å². The number of nitrogens with one attached hydrogen (secondary N) is 2. The van der Waals surface area contributed by atoms with Gasteiger partial charge in [0.25, 0.3) is 0 Å². The number of hydrogen-bond donors (Lipinski definition) is 2. The summed E-state index contributed by atoms with van der Waals surface area (Å²) in [4.78, 5) is 11.5. The number of carbonyl (C=O) groups excluding carboxylic acids is 1. The lowest BCUT2D eigenvalue weighted by atomic mass is 9.84. The van der Waals surface area contributed by atoms with Crippen molar-refractivity contribution in [2.75, 3.05) is 13.1 Å². The lowest BCUT2D eigenvalue weighted by Crippen LogP contribution is -2.53. The van der Waals surface area contributed by atoms with E-state index in [9.17, 15) is 4.79 Å². The van der Waals surface area contributed by atoms with E-state index in [1.54, 1.807) is 0 Å². The van der Waals surface area contributed by atoms with E-state index in [2.05, 4.69) is 10.6 Å². The van der Waals surface area contributed by atoms with Crippen LogP contribution < -0.4 is 10.6 Å². The van der Waals surface area contributed by atoms with Crippen molar-refractivity contribution in [1.82, 2.24) is 10.6 Å². The summed E-state index contributed by atoms with van der Waals surface area (Å²) in [5.74, 6) is 0.993. The van der Waals surface area contributed by atoms with Gasteiger partial charge in [-0.25, -0.2) is 0 Å². The van der Waals surface area contributed by atoms with Gasteiger partial charge in [-0.15, -0.1) is 0 Å². The molecule has 2 aliphatic rings. The van der Waals surface area contributed by atoms with E-state index < -0.39 is 0 Å². The number of rotatable bonds is 2. The van der Waals surface area contributed by atoms with Gasteiger partial charge in [-0.3, -0.25) is 4.79 Å². The fraction of sp³-hybridized carbons (Fsp3) is 0.909. The molecule has 2 rings (SSSR count). The molecule has 0 aromatic rings. The summed E-state index contributed by atoms with van der Waals surface area (Å²) in [6.45, 7) is 1.73. The quantitative estimate of drug-likeness (QED) is 0.693. The molecule has 14 heavy (non-hydrogen) atoms. The molecule has 0 bridgehead atoms. The van der Waals surface area contributed by atoms with Gasteiger partial charge in [0.2, 0.25) is 5.91 Å². The molecule has 0 aromatic carbocycles. The Labute approximate surface area is 85.6 Å². The monoisotopic (exact) mass is 196 g/mol. The van der Waals surface area contributed by atoms with E-state index in [0.717, 1.165) is 25.4 Å². The van der Waals surface area contributed by atoms with E-state index in [-0.39, 0.29) is 11.9 Å². The van der Waals surface area contributed by atoms with Gasteiger partial charge < -0.3 is 10.6 Å². The van der Waals surface area contributed by atoms with Crippen LogP contribution in [0.2, 0.25) is 0 Å². The van der Waals surface area contributed by atoms with Gasteiger partial charge >= 0.3 is 0 Å². The first-order valence-corrected chi connectivity index (χ1v) is 5.87. The zero-order valence-electron chi connectivity index (χ0n) is 8.72. The topological polar surface area (TPSA) is 41.1 Å². The van der Waals surface area contributed by atoms with Crippen LogP contribution in [0.25, 0.3) is 0 Å². The average molecular weight is 196 g/mol. The summed E-state index contributed by atoms with van der Waals surface area (Å²) in [5.41, 5.74) is 0. The fourth-order valence-corrected chi connectivity index (χ4v) is 2.59. The van der Waals surface area contributed by atoms with Crippen molar-refractivity contribution in [2.45, 2.75) is 44.6 Å². The first-order valence-electron chi connectivity index (χ1n) is 5.87. The fourth-order valence-electron chi connectivity index (χ4n) is 2.59. The number of carbonyl (C=O) groups is 1. The van der Waals surface area contributed by atoms with Gasteiger partial charge in [-0.05, 0) is 12.3 Å². The summed E-state index contributed by atoms with van der Waals surface area (Å²) >= 11 is 0. The Morgan fingerprint density at radius 2 is 1.93 bits per heavy atom. The predicted molar refractivity (Wildman–Crippen MR) is 56.0 cm³/mol.